The van der Waals surface area contributed by atoms with Crippen LogP contribution < -0.4 is 0 Å². The first-order valence-electron chi connectivity index (χ1n) is 5.39. The summed E-state index contributed by atoms with van der Waals surface area (Å²) in [5.41, 5.74) is 0. The predicted molar refractivity (Wildman–Crippen MR) is 50.2 cm³/mol. The van der Waals surface area contributed by atoms with Crippen LogP contribution in [0.5, 0.6) is 0 Å². The van der Waals surface area contributed by atoms with Gasteiger partial charge in [-0.05, 0) is 25.2 Å². The maximum Gasteiger partial charge on any atom is 0.309 e. The Labute approximate surface area is 79.7 Å². The molecule has 0 aromatic heterocycles. The van der Waals surface area contributed by atoms with Crippen LogP contribution in [0.3, 0.4) is 0 Å². The molecule has 0 N–H and O–H groups in total. The van der Waals surface area contributed by atoms with Crippen molar-refractivity contribution in [3.8, 4) is 0 Å². The fraction of sp³-hybridized carbons (Fsp3) is 0.909. The zero-order valence-corrected chi connectivity index (χ0v) is 8.45. The largest absolute Gasteiger partial charge is 0.462 e. The topological polar surface area (TPSA) is 26.3 Å². The Morgan fingerprint density at radius 2 is 1.85 bits per heavy atom. The Morgan fingerprint density at radius 3 is 2.62 bits per heavy atom. The molecule has 1 aliphatic carbocycles. The van der Waals surface area contributed by atoms with Crippen LogP contribution in [0.25, 0.3) is 0 Å². The first kappa shape index (κ1) is 9.04. The highest BCUT2D eigenvalue weighted by molar-refractivity contribution is 5.74. The van der Waals surface area contributed by atoms with Crippen LogP contribution in [0.4, 0.5) is 0 Å². The zero-order valence-electron chi connectivity index (χ0n) is 8.45. The van der Waals surface area contributed by atoms with Gasteiger partial charge in [0.05, 0.1) is 5.92 Å². The van der Waals surface area contributed by atoms with Crippen molar-refractivity contribution in [2.75, 3.05) is 0 Å². The molecular weight excluding hydrogens is 164 g/mol. The third-order valence-corrected chi connectivity index (χ3v) is 3.70. The molecule has 0 radical (unpaired) electrons. The number of esters is 1. The number of rotatable bonds is 0. The molecule has 2 heteroatoms. The second-order valence-corrected chi connectivity index (χ2v) is 4.69. The molecule has 2 nitrogen and oxygen atoms in total. The van der Waals surface area contributed by atoms with Crippen LogP contribution in [-0.2, 0) is 9.53 Å². The monoisotopic (exact) mass is 182 g/mol. The van der Waals surface area contributed by atoms with Crippen LogP contribution in [0.1, 0.15) is 39.5 Å². The van der Waals surface area contributed by atoms with Crippen molar-refractivity contribution in [1.29, 1.82) is 0 Å². The van der Waals surface area contributed by atoms with Crippen molar-refractivity contribution in [2.24, 2.45) is 17.8 Å². The Morgan fingerprint density at radius 1 is 1.15 bits per heavy atom. The van der Waals surface area contributed by atoms with E-state index in [1.54, 1.807) is 0 Å². The highest BCUT2D eigenvalue weighted by atomic mass is 16.6. The SMILES string of the molecule is C[C@H]1CC[C@@H]2[C@H](CC1)OC(=O)[C@H]2C. The van der Waals surface area contributed by atoms with E-state index in [-0.39, 0.29) is 18.0 Å². The van der Waals surface area contributed by atoms with Crippen molar-refractivity contribution in [3.63, 3.8) is 0 Å². The van der Waals surface area contributed by atoms with Crippen LogP contribution in [-0.4, -0.2) is 12.1 Å². The highest BCUT2D eigenvalue weighted by Crippen LogP contribution is 2.38. The van der Waals surface area contributed by atoms with E-state index >= 15 is 0 Å². The second kappa shape index (κ2) is 3.32. The standard InChI is InChI=1S/C11H18O2/c1-7-3-5-9-8(2)11(12)13-10(9)6-4-7/h7-10H,3-6H2,1-2H3/t7-,8-,9-,10-/m0/s1. The average Bonchev–Trinajstić information content (AvgIpc) is 2.28. The normalized spacial score (nSPS) is 45.2. The molecule has 4 atom stereocenters. The minimum Gasteiger partial charge on any atom is -0.462 e. The molecule has 74 valence electrons. The van der Waals surface area contributed by atoms with E-state index in [1.165, 1.54) is 19.3 Å². The van der Waals surface area contributed by atoms with Crippen molar-refractivity contribution in [3.05, 3.63) is 0 Å². The van der Waals surface area contributed by atoms with Crippen molar-refractivity contribution >= 4 is 5.97 Å². The molecule has 13 heavy (non-hydrogen) atoms. The molecule has 1 saturated carbocycles. The second-order valence-electron chi connectivity index (χ2n) is 4.69. The van der Waals surface area contributed by atoms with Crippen molar-refractivity contribution < 1.29 is 9.53 Å². The first-order valence-corrected chi connectivity index (χ1v) is 5.39. The molecule has 0 unspecified atom stereocenters. The summed E-state index contributed by atoms with van der Waals surface area (Å²) in [4.78, 5) is 11.3. The Hall–Kier alpha value is -0.530. The van der Waals surface area contributed by atoms with Crippen LogP contribution >= 0.6 is 0 Å². The maximum absolute atomic E-state index is 11.3. The van der Waals surface area contributed by atoms with Gasteiger partial charge in [0.15, 0.2) is 0 Å². The lowest BCUT2D eigenvalue weighted by Crippen LogP contribution is -2.17. The summed E-state index contributed by atoms with van der Waals surface area (Å²) in [5.74, 6) is 1.51. The molecule has 1 aliphatic heterocycles. The van der Waals surface area contributed by atoms with E-state index in [2.05, 4.69) is 6.92 Å². The summed E-state index contributed by atoms with van der Waals surface area (Å²) in [7, 11) is 0. The smallest absolute Gasteiger partial charge is 0.309 e. The lowest BCUT2D eigenvalue weighted by molar-refractivity contribution is -0.144. The summed E-state index contributed by atoms with van der Waals surface area (Å²) in [6.07, 6.45) is 5.00. The molecule has 2 rings (SSSR count). The van der Waals surface area contributed by atoms with Gasteiger partial charge in [0.2, 0.25) is 0 Å². The summed E-state index contributed by atoms with van der Waals surface area (Å²) in [6.45, 7) is 4.32. The Balaban J connectivity index is 2.07. The fourth-order valence-corrected chi connectivity index (χ4v) is 2.62. The molecule has 0 amide bonds. The van der Waals surface area contributed by atoms with Gasteiger partial charge < -0.3 is 4.74 Å². The molecule has 0 aromatic carbocycles. The quantitative estimate of drug-likeness (QED) is 0.538. The highest BCUT2D eigenvalue weighted by Gasteiger charge is 2.42. The van der Waals surface area contributed by atoms with E-state index in [0.717, 1.165) is 12.3 Å². The van der Waals surface area contributed by atoms with Crippen molar-refractivity contribution in [2.45, 2.75) is 45.6 Å². The minimum absolute atomic E-state index is 0.0320. The number of fused-ring (bicyclic) bond motifs is 1. The van der Waals surface area contributed by atoms with Gasteiger partial charge in [-0.25, -0.2) is 0 Å². The first-order chi connectivity index (χ1) is 6.18. The molecule has 0 aromatic rings. The molecule has 1 saturated heterocycles. The van der Waals surface area contributed by atoms with Gasteiger partial charge in [-0.3, -0.25) is 4.79 Å². The minimum atomic E-state index is 0.0320. The molecule has 2 fully saturated rings. The number of carbonyl (C=O) groups excluding carboxylic acids is 1. The lowest BCUT2D eigenvalue weighted by Gasteiger charge is -2.14. The molecule has 2 aliphatic rings. The number of ether oxygens (including phenoxy) is 1. The van der Waals surface area contributed by atoms with Gasteiger partial charge in [-0.2, -0.15) is 0 Å². The van der Waals surface area contributed by atoms with Crippen LogP contribution in [0.15, 0.2) is 0 Å². The van der Waals surface area contributed by atoms with Crippen LogP contribution in [0.2, 0.25) is 0 Å². The summed E-state index contributed by atoms with van der Waals surface area (Å²) in [6, 6.07) is 0. The fourth-order valence-electron chi connectivity index (χ4n) is 2.62. The third kappa shape index (κ3) is 1.59. The molecule has 1 heterocycles. The van der Waals surface area contributed by atoms with Crippen LogP contribution in [0, 0.1) is 17.8 Å². The van der Waals surface area contributed by atoms with Gasteiger partial charge in [0.25, 0.3) is 0 Å². The third-order valence-electron chi connectivity index (χ3n) is 3.70. The number of hydrogen-bond acceptors (Lipinski definition) is 2. The van der Waals surface area contributed by atoms with Gasteiger partial charge in [-0.15, -0.1) is 0 Å². The van der Waals surface area contributed by atoms with E-state index in [1.807, 2.05) is 6.92 Å². The zero-order chi connectivity index (χ0) is 9.42. The lowest BCUT2D eigenvalue weighted by atomic mass is 9.88. The average molecular weight is 182 g/mol. The predicted octanol–water partition coefficient (Wildman–Crippen LogP) is 2.37. The summed E-state index contributed by atoms with van der Waals surface area (Å²) >= 11 is 0. The Bertz CT molecular complexity index is 212. The van der Waals surface area contributed by atoms with Gasteiger partial charge >= 0.3 is 5.97 Å². The van der Waals surface area contributed by atoms with Gasteiger partial charge in [-0.1, -0.05) is 20.3 Å². The Kier molecular flexibility index (Phi) is 2.31. The maximum atomic E-state index is 11.3. The van der Waals surface area contributed by atoms with Gasteiger partial charge in [0.1, 0.15) is 6.10 Å². The van der Waals surface area contributed by atoms with Crippen molar-refractivity contribution in [1.82, 2.24) is 0 Å². The molecular formula is C11H18O2. The summed E-state index contributed by atoms with van der Waals surface area (Å²) in [5, 5.41) is 0. The number of hydrogen-bond donors (Lipinski definition) is 0. The van der Waals surface area contributed by atoms with E-state index in [4.69, 9.17) is 4.74 Å². The van der Waals surface area contributed by atoms with E-state index in [9.17, 15) is 4.79 Å². The molecule has 0 spiro atoms. The number of carbonyl (C=O) groups is 1. The molecule has 0 bridgehead atoms. The summed E-state index contributed by atoms with van der Waals surface area (Å²) < 4.78 is 5.37. The van der Waals surface area contributed by atoms with E-state index in [0.29, 0.717) is 5.92 Å². The van der Waals surface area contributed by atoms with E-state index < -0.39 is 0 Å². The van der Waals surface area contributed by atoms with Gasteiger partial charge in [0, 0.05) is 5.92 Å².